The fourth-order valence-corrected chi connectivity index (χ4v) is 5.44. The number of nitrogens with one attached hydrogen (secondary N) is 1. The number of hydrogen-bond donors (Lipinski definition) is 1. The third-order valence-corrected chi connectivity index (χ3v) is 6.89. The van der Waals surface area contributed by atoms with Crippen molar-refractivity contribution in [2.45, 2.75) is 39.0 Å². The van der Waals surface area contributed by atoms with Crippen molar-refractivity contribution in [3.05, 3.63) is 65.1 Å². The third-order valence-electron chi connectivity index (χ3n) is 5.70. The standard InChI is InChI=1S/C24H25N5S/c1-16(14-17-6-10-25-11-7-17)15-27-23-21-19-4-2-3-5-20(19)30-24(21)29-22(28-23)18-8-12-26-13-9-18/h6-13,16H,2-5,14-15H2,1H3,(H,27,28,29). The van der Waals surface area contributed by atoms with Crippen molar-refractivity contribution in [2.75, 3.05) is 11.9 Å². The van der Waals surface area contributed by atoms with Gasteiger partial charge in [-0.3, -0.25) is 9.97 Å². The van der Waals surface area contributed by atoms with Gasteiger partial charge in [-0.25, -0.2) is 9.97 Å². The Morgan fingerprint density at radius 3 is 2.50 bits per heavy atom. The van der Waals surface area contributed by atoms with Gasteiger partial charge in [0, 0.05) is 41.8 Å². The van der Waals surface area contributed by atoms with Crippen molar-refractivity contribution in [3.8, 4) is 11.4 Å². The highest BCUT2D eigenvalue weighted by atomic mass is 32.1. The molecule has 0 amide bonds. The van der Waals surface area contributed by atoms with Crippen LogP contribution in [0.25, 0.3) is 21.6 Å². The quantitative estimate of drug-likeness (QED) is 0.462. The molecule has 5 rings (SSSR count). The van der Waals surface area contributed by atoms with Crippen LogP contribution in [0.15, 0.2) is 49.1 Å². The van der Waals surface area contributed by atoms with Crippen molar-refractivity contribution in [2.24, 2.45) is 5.92 Å². The van der Waals surface area contributed by atoms with Gasteiger partial charge in [0.1, 0.15) is 10.6 Å². The molecule has 5 nitrogen and oxygen atoms in total. The van der Waals surface area contributed by atoms with E-state index in [2.05, 4.69) is 34.3 Å². The summed E-state index contributed by atoms with van der Waals surface area (Å²) in [5.74, 6) is 2.23. The number of aryl methyl sites for hydroxylation is 2. The molecule has 0 spiro atoms. The maximum atomic E-state index is 4.98. The highest BCUT2D eigenvalue weighted by molar-refractivity contribution is 7.19. The van der Waals surface area contributed by atoms with E-state index in [1.54, 1.807) is 12.4 Å². The SMILES string of the molecule is CC(CNc1nc(-c2ccncc2)nc2sc3c(c12)CCCC3)Cc1ccncc1. The number of fused-ring (bicyclic) bond motifs is 3. The van der Waals surface area contributed by atoms with E-state index in [1.165, 1.54) is 40.7 Å². The van der Waals surface area contributed by atoms with Crippen molar-refractivity contribution in [1.82, 2.24) is 19.9 Å². The predicted molar refractivity (Wildman–Crippen MR) is 123 cm³/mol. The van der Waals surface area contributed by atoms with E-state index in [9.17, 15) is 0 Å². The molecular weight excluding hydrogens is 390 g/mol. The molecule has 30 heavy (non-hydrogen) atoms. The first-order valence-corrected chi connectivity index (χ1v) is 11.4. The van der Waals surface area contributed by atoms with Crippen LogP contribution in [0, 0.1) is 5.92 Å². The van der Waals surface area contributed by atoms with Crippen LogP contribution in [0.3, 0.4) is 0 Å². The largest absolute Gasteiger partial charge is 0.369 e. The summed E-state index contributed by atoms with van der Waals surface area (Å²) in [6.45, 7) is 3.15. The highest BCUT2D eigenvalue weighted by Gasteiger charge is 2.21. The maximum absolute atomic E-state index is 4.98. The van der Waals surface area contributed by atoms with E-state index in [0.717, 1.165) is 41.4 Å². The Morgan fingerprint density at radius 1 is 0.967 bits per heavy atom. The molecule has 0 aromatic carbocycles. The second kappa shape index (κ2) is 8.48. The molecule has 1 atom stereocenters. The molecule has 1 aliphatic rings. The van der Waals surface area contributed by atoms with Crippen LogP contribution in [0.2, 0.25) is 0 Å². The second-order valence-corrected chi connectivity index (χ2v) is 9.15. The highest BCUT2D eigenvalue weighted by Crippen LogP contribution is 2.39. The lowest BCUT2D eigenvalue weighted by molar-refractivity contribution is 0.611. The molecule has 1 unspecified atom stereocenters. The molecule has 4 aromatic heterocycles. The van der Waals surface area contributed by atoms with Gasteiger partial charge < -0.3 is 5.32 Å². The van der Waals surface area contributed by atoms with E-state index in [0.29, 0.717) is 5.92 Å². The molecule has 1 N–H and O–H groups in total. The van der Waals surface area contributed by atoms with Crippen LogP contribution >= 0.6 is 11.3 Å². The molecule has 4 heterocycles. The van der Waals surface area contributed by atoms with Gasteiger partial charge in [0.15, 0.2) is 5.82 Å². The first-order valence-electron chi connectivity index (χ1n) is 10.6. The fraction of sp³-hybridized carbons (Fsp3) is 0.333. The maximum Gasteiger partial charge on any atom is 0.163 e. The second-order valence-electron chi connectivity index (χ2n) is 8.07. The topological polar surface area (TPSA) is 63.6 Å². The van der Waals surface area contributed by atoms with Crippen LogP contribution in [-0.2, 0) is 19.3 Å². The summed E-state index contributed by atoms with van der Waals surface area (Å²) in [6.07, 6.45) is 13.2. The smallest absolute Gasteiger partial charge is 0.163 e. The van der Waals surface area contributed by atoms with Gasteiger partial charge >= 0.3 is 0 Å². The first-order chi connectivity index (χ1) is 14.8. The summed E-state index contributed by atoms with van der Waals surface area (Å²) in [6, 6.07) is 8.14. The summed E-state index contributed by atoms with van der Waals surface area (Å²) in [5, 5.41) is 4.92. The number of aromatic nitrogens is 4. The minimum absolute atomic E-state index is 0.483. The minimum Gasteiger partial charge on any atom is -0.369 e. The fourth-order valence-electron chi connectivity index (χ4n) is 4.18. The molecular formula is C24H25N5S. The van der Waals surface area contributed by atoms with Crippen LogP contribution in [0.1, 0.15) is 35.8 Å². The number of pyridine rings is 2. The van der Waals surface area contributed by atoms with Gasteiger partial charge in [0.2, 0.25) is 0 Å². The van der Waals surface area contributed by atoms with Crippen molar-refractivity contribution in [1.29, 1.82) is 0 Å². The molecule has 1 aliphatic carbocycles. The van der Waals surface area contributed by atoms with E-state index < -0.39 is 0 Å². The van der Waals surface area contributed by atoms with Gasteiger partial charge in [-0.2, -0.15) is 0 Å². The Hall–Kier alpha value is -2.86. The van der Waals surface area contributed by atoms with E-state index >= 15 is 0 Å². The van der Waals surface area contributed by atoms with Crippen LogP contribution in [0.4, 0.5) is 5.82 Å². The Kier molecular flexibility index (Phi) is 5.41. The van der Waals surface area contributed by atoms with Gasteiger partial charge in [-0.1, -0.05) is 6.92 Å². The molecule has 152 valence electrons. The number of anilines is 1. The van der Waals surface area contributed by atoms with Gasteiger partial charge in [-0.15, -0.1) is 11.3 Å². The molecule has 4 aromatic rings. The number of rotatable bonds is 6. The molecule has 0 fully saturated rings. The summed E-state index contributed by atoms with van der Waals surface area (Å²) >= 11 is 1.85. The van der Waals surface area contributed by atoms with E-state index in [4.69, 9.17) is 9.97 Å². The normalized spacial score (nSPS) is 14.4. The van der Waals surface area contributed by atoms with Gasteiger partial charge in [0.25, 0.3) is 0 Å². The van der Waals surface area contributed by atoms with Crippen LogP contribution < -0.4 is 5.32 Å². The van der Waals surface area contributed by atoms with Gasteiger partial charge in [0.05, 0.1) is 5.39 Å². The predicted octanol–water partition coefficient (Wildman–Crippen LogP) is 5.32. The summed E-state index contributed by atoms with van der Waals surface area (Å²) < 4.78 is 0. The zero-order valence-corrected chi connectivity index (χ0v) is 18.0. The van der Waals surface area contributed by atoms with Crippen molar-refractivity contribution in [3.63, 3.8) is 0 Å². The van der Waals surface area contributed by atoms with E-state index in [-0.39, 0.29) is 0 Å². The molecule has 0 saturated carbocycles. The van der Waals surface area contributed by atoms with Crippen molar-refractivity contribution < 1.29 is 0 Å². The average molecular weight is 416 g/mol. The van der Waals surface area contributed by atoms with E-state index in [1.807, 2.05) is 35.9 Å². The Labute approximate surface area is 180 Å². The molecule has 0 aliphatic heterocycles. The molecule has 0 saturated heterocycles. The number of hydrogen-bond acceptors (Lipinski definition) is 6. The zero-order chi connectivity index (χ0) is 20.3. The lowest BCUT2D eigenvalue weighted by atomic mass is 9.97. The Morgan fingerprint density at radius 2 is 1.70 bits per heavy atom. The first kappa shape index (κ1) is 19.1. The third kappa shape index (κ3) is 3.92. The lowest BCUT2D eigenvalue weighted by Gasteiger charge is -2.16. The molecule has 0 radical (unpaired) electrons. The monoisotopic (exact) mass is 415 g/mol. The Balaban J connectivity index is 1.48. The average Bonchev–Trinajstić information content (AvgIpc) is 3.17. The number of nitrogens with zero attached hydrogens (tertiary/aromatic N) is 4. The summed E-state index contributed by atoms with van der Waals surface area (Å²) in [7, 11) is 0. The number of thiophene rings is 1. The van der Waals surface area contributed by atoms with Crippen LogP contribution in [0.5, 0.6) is 0 Å². The Bertz CT molecular complexity index is 1140. The van der Waals surface area contributed by atoms with Crippen LogP contribution in [-0.4, -0.2) is 26.5 Å². The summed E-state index contributed by atoms with van der Waals surface area (Å²) in [4.78, 5) is 20.8. The molecule has 0 bridgehead atoms. The summed E-state index contributed by atoms with van der Waals surface area (Å²) in [5.41, 5.74) is 3.79. The molecule has 6 heteroatoms. The van der Waals surface area contributed by atoms with Gasteiger partial charge in [-0.05, 0) is 73.4 Å². The lowest BCUT2D eigenvalue weighted by Crippen LogP contribution is -2.15. The zero-order valence-electron chi connectivity index (χ0n) is 17.1. The van der Waals surface area contributed by atoms with Crippen molar-refractivity contribution >= 4 is 27.4 Å². The minimum atomic E-state index is 0.483.